The number of nitrogens with zero attached hydrogens (tertiary/aromatic N) is 1. The number of ether oxygens (including phenoxy) is 1. The highest BCUT2D eigenvalue weighted by Gasteiger charge is 2.25. The molecular formula is C15H23NO2. The van der Waals surface area contributed by atoms with Crippen molar-refractivity contribution in [1.29, 1.82) is 0 Å². The normalized spacial score (nSPS) is 26.1. The van der Waals surface area contributed by atoms with E-state index in [2.05, 4.69) is 30.9 Å². The van der Waals surface area contributed by atoms with E-state index in [9.17, 15) is 5.11 Å². The molecule has 100 valence electrons. The highest BCUT2D eigenvalue weighted by atomic mass is 16.5. The maximum absolute atomic E-state index is 9.53. The van der Waals surface area contributed by atoms with Crippen molar-refractivity contribution in [2.45, 2.75) is 45.4 Å². The summed E-state index contributed by atoms with van der Waals surface area (Å²) in [7, 11) is 0. The van der Waals surface area contributed by atoms with Gasteiger partial charge >= 0.3 is 0 Å². The minimum atomic E-state index is -0.398. The summed E-state index contributed by atoms with van der Waals surface area (Å²) in [5.74, 6) is 0. The van der Waals surface area contributed by atoms with Crippen molar-refractivity contribution < 1.29 is 9.84 Å². The summed E-state index contributed by atoms with van der Waals surface area (Å²) >= 11 is 0. The summed E-state index contributed by atoms with van der Waals surface area (Å²) in [6, 6.07) is 8.67. The number of hydrogen-bond donors (Lipinski definition) is 1. The minimum Gasteiger partial charge on any atom is -0.389 e. The monoisotopic (exact) mass is 249 g/mol. The fourth-order valence-electron chi connectivity index (χ4n) is 2.44. The Bertz CT molecular complexity index is 375. The summed E-state index contributed by atoms with van der Waals surface area (Å²) in [5, 5.41) is 9.53. The highest BCUT2D eigenvalue weighted by Crippen LogP contribution is 2.25. The molecule has 0 aliphatic carbocycles. The molecule has 0 spiro atoms. The Balaban J connectivity index is 2.17. The van der Waals surface area contributed by atoms with Crippen molar-refractivity contribution in [3.05, 3.63) is 29.8 Å². The predicted octanol–water partition coefficient (Wildman–Crippen LogP) is 2.74. The average Bonchev–Trinajstić information content (AvgIpc) is 2.39. The van der Waals surface area contributed by atoms with Crippen LogP contribution in [0.5, 0.6) is 0 Å². The van der Waals surface area contributed by atoms with Crippen molar-refractivity contribution >= 4 is 5.69 Å². The molecule has 3 atom stereocenters. The van der Waals surface area contributed by atoms with Crippen LogP contribution in [0, 0.1) is 0 Å². The average molecular weight is 249 g/mol. The zero-order chi connectivity index (χ0) is 13.1. The zero-order valence-corrected chi connectivity index (χ0v) is 11.5. The van der Waals surface area contributed by atoms with Crippen molar-refractivity contribution in [2.24, 2.45) is 0 Å². The quantitative estimate of drug-likeness (QED) is 0.894. The van der Waals surface area contributed by atoms with Crippen molar-refractivity contribution in [1.82, 2.24) is 0 Å². The van der Waals surface area contributed by atoms with Crippen LogP contribution in [0.4, 0.5) is 5.69 Å². The van der Waals surface area contributed by atoms with E-state index in [0.717, 1.165) is 25.1 Å². The van der Waals surface area contributed by atoms with Gasteiger partial charge in [0.25, 0.3) is 0 Å². The highest BCUT2D eigenvalue weighted by molar-refractivity contribution is 5.49. The summed E-state index contributed by atoms with van der Waals surface area (Å²) in [6.45, 7) is 7.84. The summed E-state index contributed by atoms with van der Waals surface area (Å²) in [4.78, 5) is 2.42. The first-order chi connectivity index (χ1) is 8.61. The molecule has 1 aromatic carbocycles. The molecule has 18 heavy (non-hydrogen) atoms. The van der Waals surface area contributed by atoms with Gasteiger partial charge < -0.3 is 14.7 Å². The van der Waals surface area contributed by atoms with Gasteiger partial charge in [-0.3, -0.25) is 0 Å². The third kappa shape index (κ3) is 2.85. The largest absolute Gasteiger partial charge is 0.389 e. The number of morpholine rings is 1. The fraction of sp³-hybridized carbons (Fsp3) is 0.600. The third-order valence-electron chi connectivity index (χ3n) is 3.65. The molecule has 1 N–H and O–H groups in total. The third-order valence-corrected chi connectivity index (χ3v) is 3.65. The van der Waals surface area contributed by atoms with E-state index in [1.807, 2.05) is 12.1 Å². The second-order valence-corrected chi connectivity index (χ2v) is 5.13. The van der Waals surface area contributed by atoms with Crippen molar-refractivity contribution in [3.63, 3.8) is 0 Å². The van der Waals surface area contributed by atoms with Crippen LogP contribution in [0.1, 0.15) is 38.9 Å². The van der Waals surface area contributed by atoms with Crippen LogP contribution >= 0.6 is 0 Å². The summed E-state index contributed by atoms with van der Waals surface area (Å²) < 4.78 is 5.71. The second kappa shape index (κ2) is 5.72. The lowest BCUT2D eigenvalue weighted by Gasteiger charge is -2.40. The molecule has 0 amide bonds. The van der Waals surface area contributed by atoms with Crippen molar-refractivity contribution in [2.75, 3.05) is 18.1 Å². The Hall–Kier alpha value is -1.06. The molecule has 3 heteroatoms. The lowest BCUT2D eigenvalue weighted by molar-refractivity contribution is 0.0299. The lowest BCUT2D eigenvalue weighted by atomic mass is 10.1. The van der Waals surface area contributed by atoms with Gasteiger partial charge in [-0.1, -0.05) is 19.1 Å². The number of aliphatic hydroxyl groups excluding tert-OH is 1. The van der Waals surface area contributed by atoms with Crippen LogP contribution in [-0.4, -0.2) is 30.4 Å². The van der Waals surface area contributed by atoms with Gasteiger partial charge in [0, 0.05) is 12.2 Å². The zero-order valence-electron chi connectivity index (χ0n) is 11.5. The Morgan fingerprint density at radius 1 is 1.39 bits per heavy atom. The van der Waals surface area contributed by atoms with E-state index in [1.165, 1.54) is 5.69 Å². The number of rotatable bonds is 3. The molecule has 0 aromatic heterocycles. The first-order valence-corrected chi connectivity index (χ1v) is 6.78. The van der Waals surface area contributed by atoms with E-state index in [1.54, 1.807) is 6.92 Å². The van der Waals surface area contributed by atoms with Gasteiger partial charge in [0.2, 0.25) is 0 Å². The molecule has 1 saturated heterocycles. The number of hydrogen-bond acceptors (Lipinski definition) is 3. The SMILES string of the molecule is CCC1COC(C)CN1c1ccc(C(C)O)cc1. The molecule has 0 bridgehead atoms. The molecule has 1 aromatic rings. The Morgan fingerprint density at radius 3 is 2.61 bits per heavy atom. The van der Waals surface area contributed by atoms with Gasteiger partial charge in [-0.25, -0.2) is 0 Å². The predicted molar refractivity (Wildman–Crippen MR) is 73.9 cm³/mol. The van der Waals surface area contributed by atoms with Gasteiger partial charge in [-0.2, -0.15) is 0 Å². The summed E-state index contributed by atoms with van der Waals surface area (Å²) in [6.07, 6.45) is 0.971. The first kappa shape index (κ1) is 13.4. The molecule has 2 rings (SSSR count). The van der Waals surface area contributed by atoms with E-state index in [0.29, 0.717) is 6.04 Å². The Kier molecular flexibility index (Phi) is 4.25. The fourth-order valence-corrected chi connectivity index (χ4v) is 2.44. The molecule has 0 radical (unpaired) electrons. The first-order valence-electron chi connectivity index (χ1n) is 6.78. The van der Waals surface area contributed by atoms with Gasteiger partial charge in [-0.05, 0) is 38.0 Å². The second-order valence-electron chi connectivity index (χ2n) is 5.13. The van der Waals surface area contributed by atoms with Gasteiger partial charge in [0.15, 0.2) is 0 Å². The standard InChI is InChI=1S/C15H23NO2/c1-4-14-10-18-11(2)9-16(14)15-7-5-13(6-8-15)12(3)17/h5-8,11-12,14,17H,4,9-10H2,1-3H3. The van der Waals surface area contributed by atoms with Crippen LogP contribution in [-0.2, 0) is 4.74 Å². The number of anilines is 1. The van der Waals surface area contributed by atoms with Crippen molar-refractivity contribution in [3.8, 4) is 0 Å². The van der Waals surface area contributed by atoms with E-state index < -0.39 is 6.10 Å². The van der Waals surface area contributed by atoms with Crippen LogP contribution in [0.2, 0.25) is 0 Å². The maximum atomic E-state index is 9.53. The molecule has 3 unspecified atom stereocenters. The van der Waals surface area contributed by atoms with Gasteiger partial charge in [0.1, 0.15) is 0 Å². The molecule has 0 saturated carbocycles. The number of benzene rings is 1. The van der Waals surface area contributed by atoms with Crippen LogP contribution in [0.3, 0.4) is 0 Å². The van der Waals surface area contributed by atoms with Crippen LogP contribution in [0.25, 0.3) is 0 Å². The van der Waals surface area contributed by atoms with Crippen LogP contribution < -0.4 is 4.90 Å². The Morgan fingerprint density at radius 2 is 2.06 bits per heavy atom. The molecule has 1 aliphatic heterocycles. The van der Waals surface area contributed by atoms with Crippen LogP contribution in [0.15, 0.2) is 24.3 Å². The molecule has 3 nitrogen and oxygen atoms in total. The summed E-state index contributed by atoms with van der Waals surface area (Å²) in [5.41, 5.74) is 2.19. The van der Waals surface area contributed by atoms with E-state index in [-0.39, 0.29) is 6.10 Å². The van der Waals surface area contributed by atoms with E-state index in [4.69, 9.17) is 4.74 Å². The van der Waals surface area contributed by atoms with E-state index >= 15 is 0 Å². The Labute approximate surface area is 109 Å². The van der Waals surface area contributed by atoms with Gasteiger partial charge in [0.05, 0.1) is 24.9 Å². The smallest absolute Gasteiger partial charge is 0.0761 e. The maximum Gasteiger partial charge on any atom is 0.0761 e. The minimum absolute atomic E-state index is 0.282. The molecular weight excluding hydrogens is 226 g/mol. The topological polar surface area (TPSA) is 32.7 Å². The molecule has 1 heterocycles. The lowest BCUT2D eigenvalue weighted by Crippen LogP contribution is -2.48. The number of aliphatic hydroxyl groups is 1. The molecule has 1 aliphatic rings. The van der Waals surface area contributed by atoms with Gasteiger partial charge in [-0.15, -0.1) is 0 Å². The molecule has 1 fully saturated rings.